The van der Waals surface area contributed by atoms with E-state index in [9.17, 15) is 4.79 Å². The van der Waals surface area contributed by atoms with Crippen LogP contribution in [0.3, 0.4) is 0 Å². The molecule has 3 aromatic rings. The zero-order valence-corrected chi connectivity index (χ0v) is 12.0. The van der Waals surface area contributed by atoms with Crippen LogP contribution in [0.15, 0.2) is 36.5 Å². The van der Waals surface area contributed by atoms with Gasteiger partial charge < -0.3 is 5.32 Å². The van der Waals surface area contributed by atoms with Gasteiger partial charge in [-0.3, -0.25) is 9.20 Å². The van der Waals surface area contributed by atoms with Gasteiger partial charge in [-0.2, -0.15) is 0 Å². The van der Waals surface area contributed by atoms with Crippen molar-refractivity contribution < 1.29 is 4.79 Å². The first-order valence-corrected chi connectivity index (χ1v) is 7.25. The topological polar surface area (TPSA) is 59.3 Å². The Morgan fingerprint density at radius 1 is 1.30 bits per heavy atom. The van der Waals surface area contributed by atoms with E-state index >= 15 is 0 Å². The van der Waals surface area contributed by atoms with Crippen molar-refractivity contribution in [2.45, 2.75) is 6.42 Å². The van der Waals surface area contributed by atoms with Gasteiger partial charge in [-0.05, 0) is 24.3 Å². The van der Waals surface area contributed by atoms with E-state index in [-0.39, 0.29) is 5.91 Å². The normalized spacial score (nSPS) is 10.8. The van der Waals surface area contributed by atoms with Crippen LogP contribution >= 0.6 is 22.9 Å². The van der Waals surface area contributed by atoms with Gasteiger partial charge in [0, 0.05) is 19.2 Å². The molecular formula is C13H11ClN4OS. The van der Waals surface area contributed by atoms with Gasteiger partial charge >= 0.3 is 0 Å². The van der Waals surface area contributed by atoms with Crippen LogP contribution in [0.5, 0.6) is 0 Å². The zero-order valence-electron chi connectivity index (χ0n) is 10.4. The molecule has 20 heavy (non-hydrogen) atoms. The van der Waals surface area contributed by atoms with E-state index in [1.807, 2.05) is 28.8 Å². The molecule has 1 amide bonds. The molecule has 0 aliphatic rings. The maximum absolute atomic E-state index is 11.8. The van der Waals surface area contributed by atoms with Gasteiger partial charge in [-0.1, -0.05) is 17.7 Å². The van der Waals surface area contributed by atoms with Gasteiger partial charge in [-0.15, -0.1) is 21.5 Å². The highest BCUT2D eigenvalue weighted by atomic mass is 35.5. The van der Waals surface area contributed by atoms with Crippen molar-refractivity contribution in [3.8, 4) is 0 Å². The molecule has 0 spiro atoms. The summed E-state index contributed by atoms with van der Waals surface area (Å²) in [6, 6.07) is 9.16. The SMILES string of the molecule is O=C(NCCc1nnc2ccccn12)c1ccc(Cl)s1. The standard InChI is InChI=1S/C13H11ClN4OS/c14-10-5-4-9(20-10)13(19)15-7-6-12-17-16-11-3-1-2-8-18(11)12/h1-5,8H,6-7H2,(H,15,19). The van der Waals surface area contributed by atoms with Crippen molar-refractivity contribution >= 4 is 34.5 Å². The molecule has 102 valence electrons. The Kier molecular flexibility index (Phi) is 3.66. The molecule has 0 saturated carbocycles. The summed E-state index contributed by atoms with van der Waals surface area (Å²) in [5.41, 5.74) is 0.805. The van der Waals surface area contributed by atoms with Crippen LogP contribution in [0.1, 0.15) is 15.5 Å². The summed E-state index contributed by atoms with van der Waals surface area (Å²) in [5.74, 6) is 0.709. The van der Waals surface area contributed by atoms with Gasteiger partial charge in [0.2, 0.25) is 0 Å². The second-order valence-electron chi connectivity index (χ2n) is 4.15. The molecule has 0 atom stereocenters. The number of pyridine rings is 1. The maximum Gasteiger partial charge on any atom is 0.261 e. The van der Waals surface area contributed by atoms with Crippen LogP contribution in [-0.4, -0.2) is 27.0 Å². The van der Waals surface area contributed by atoms with Gasteiger partial charge in [0.15, 0.2) is 5.65 Å². The van der Waals surface area contributed by atoms with Crippen molar-refractivity contribution in [3.05, 3.63) is 51.6 Å². The molecule has 1 N–H and O–H groups in total. The summed E-state index contributed by atoms with van der Waals surface area (Å²) < 4.78 is 2.52. The molecular weight excluding hydrogens is 296 g/mol. The fraction of sp³-hybridized carbons (Fsp3) is 0.154. The van der Waals surface area contributed by atoms with Crippen LogP contribution in [-0.2, 0) is 6.42 Å². The minimum Gasteiger partial charge on any atom is -0.351 e. The lowest BCUT2D eigenvalue weighted by molar-refractivity contribution is 0.0958. The summed E-state index contributed by atoms with van der Waals surface area (Å²) in [6.07, 6.45) is 2.53. The number of rotatable bonds is 4. The Balaban J connectivity index is 1.61. The van der Waals surface area contributed by atoms with Crippen LogP contribution in [0, 0.1) is 0 Å². The number of amides is 1. The van der Waals surface area contributed by atoms with Crippen molar-refractivity contribution in [1.29, 1.82) is 0 Å². The first kappa shape index (κ1) is 13.1. The van der Waals surface area contributed by atoms with E-state index < -0.39 is 0 Å². The average molecular weight is 307 g/mol. The quantitative estimate of drug-likeness (QED) is 0.805. The molecule has 0 bridgehead atoms. The van der Waals surface area contributed by atoms with E-state index in [4.69, 9.17) is 11.6 Å². The lowest BCUT2D eigenvalue weighted by atomic mass is 10.3. The smallest absolute Gasteiger partial charge is 0.261 e. The van der Waals surface area contributed by atoms with Crippen LogP contribution < -0.4 is 5.32 Å². The summed E-state index contributed by atoms with van der Waals surface area (Å²) in [5, 5.41) is 11.0. The van der Waals surface area contributed by atoms with E-state index in [2.05, 4.69) is 15.5 Å². The highest BCUT2D eigenvalue weighted by Gasteiger charge is 2.09. The number of nitrogens with one attached hydrogen (secondary N) is 1. The number of aromatic nitrogens is 3. The predicted octanol–water partition coefficient (Wildman–Crippen LogP) is 2.42. The van der Waals surface area contributed by atoms with Gasteiger partial charge in [0.1, 0.15) is 5.82 Å². The Morgan fingerprint density at radius 3 is 3.00 bits per heavy atom. The number of halogens is 1. The number of hydrogen-bond donors (Lipinski definition) is 1. The first-order valence-electron chi connectivity index (χ1n) is 6.06. The molecule has 0 unspecified atom stereocenters. The molecule has 3 heterocycles. The number of carbonyl (C=O) groups is 1. The lowest BCUT2D eigenvalue weighted by Gasteiger charge is -2.02. The highest BCUT2D eigenvalue weighted by Crippen LogP contribution is 2.21. The Labute approximate surface area is 124 Å². The molecule has 0 aromatic carbocycles. The second-order valence-corrected chi connectivity index (χ2v) is 5.87. The van der Waals surface area contributed by atoms with Crippen molar-refractivity contribution in [2.75, 3.05) is 6.54 Å². The Hall–Kier alpha value is -1.92. The minimum atomic E-state index is -0.115. The van der Waals surface area contributed by atoms with Crippen LogP contribution in [0.25, 0.3) is 5.65 Å². The third-order valence-electron chi connectivity index (χ3n) is 2.82. The third kappa shape index (κ3) is 2.66. The molecule has 3 rings (SSSR count). The highest BCUT2D eigenvalue weighted by molar-refractivity contribution is 7.17. The summed E-state index contributed by atoms with van der Waals surface area (Å²) in [7, 11) is 0. The monoisotopic (exact) mass is 306 g/mol. The molecule has 0 radical (unpaired) electrons. The molecule has 5 nitrogen and oxygen atoms in total. The Morgan fingerprint density at radius 2 is 2.20 bits per heavy atom. The molecule has 0 fully saturated rings. The Bertz CT molecular complexity index is 752. The average Bonchev–Trinajstić information content (AvgIpc) is 3.06. The zero-order chi connectivity index (χ0) is 13.9. The molecule has 3 aromatic heterocycles. The van der Waals surface area contributed by atoms with Crippen LogP contribution in [0.2, 0.25) is 4.34 Å². The van der Waals surface area contributed by atoms with E-state index in [0.29, 0.717) is 22.2 Å². The van der Waals surface area contributed by atoms with Crippen LogP contribution in [0.4, 0.5) is 0 Å². The predicted molar refractivity (Wildman–Crippen MR) is 78.4 cm³/mol. The van der Waals surface area contributed by atoms with Crippen molar-refractivity contribution in [2.24, 2.45) is 0 Å². The summed E-state index contributed by atoms with van der Waals surface area (Å²) in [4.78, 5) is 12.5. The van der Waals surface area contributed by atoms with E-state index in [0.717, 1.165) is 11.5 Å². The van der Waals surface area contributed by atoms with E-state index in [1.54, 1.807) is 12.1 Å². The minimum absolute atomic E-state index is 0.115. The molecule has 0 saturated heterocycles. The summed E-state index contributed by atoms with van der Waals surface area (Å²) in [6.45, 7) is 0.504. The largest absolute Gasteiger partial charge is 0.351 e. The van der Waals surface area contributed by atoms with Gasteiger partial charge in [0.25, 0.3) is 5.91 Å². The second kappa shape index (κ2) is 5.60. The molecule has 0 aliphatic carbocycles. The van der Waals surface area contributed by atoms with Crippen molar-refractivity contribution in [3.63, 3.8) is 0 Å². The molecule has 0 aliphatic heterocycles. The third-order valence-corrected chi connectivity index (χ3v) is 4.05. The van der Waals surface area contributed by atoms with Gasteiger partial charge in [-0.25, -0.2) is 0 Å². The fourth-order valence-electron chi connectivity index (χ4n) is 1.87. The number of thiophene rings is 1. The molecule has 7 heteroatoms. The first-order chi connectivity index (χ1) is 9.74. The number of carbonyl (C=O) groups excluding carboxylic acids is 1. The summed E-state index contributed by atoms with van der Waals surface area (Å²) >= 11 is 7.07. The maximum atomic E-state index is 11.8. The van der Waals surface area contributed by atoms with Crippen molar-refractivity contribution in [1.82, 2.24) is 19.9 Å². The lowest BCUT2D eigenvalue weighted by Crippen LogP contribution is -2.25. The number of hydrogen-bond acceptors (Lipinski definition) is 4. The number of nitrogens with zero attached hydrogens (tertiary/aromatic N) is 3. The van der Waals surface area contributed by atoms with E-state index in [1.165, 1.54) is 11.3 Å². The fourth-order valence-corrected chi connectivity index (χ4v) is 2.83. The number of fused-ring (bicyclic) bond motifs is 1. The van der Waals surface area contributed by atoms with Gasteiger partial charge in [0.05, 0.1) is 9.21 Å².